The number of rotatable bonds is 2. The van der Waals surface area contributed by atoms with Crippen LogP contribution in [0.4, 0.5) is 13.2 Å². The van der Waals surface area contributed by atoms with Crippen molar-refractivity contribution in [2.75, 3.05) is 6.54 Å². The largest absolute Gasteiger partial charge is 0.364 e. The van der Waals surface area contributed by atoms with Crippen molar-refractivity contribution in [3.05, 3.63) is 41.0 Å². The number of hydrogen-bond donors (Lipinski definition) is 2. The quantitative estimate of drug-likeness (QED) is 0.827. The van der Waals surface area contributed by atoms with Gasteiger partial charge in [0, 0.05) is 13.1 Å². The lowest BCUT2D eigenvalue weighted by atomic mass is 10.2. The average molecular weight is 310 g/mol. The molecule has 5 nitrogen and oxygen atoms in total. The molecule has 0 unspecified atom stereocenters. The van der Waals surface area contributed by atoms with E-state index in [4.69, 9.17) is 5.73 Å². The van der Waals surface area contributed by atoms with E-state index in [9.17, 15) is 18.0 Å². The summed E-state index contributed by atoms with van der Waals surface area (Å²) in [7, 11) is 0. The molecule has 3 rings (SSSR count). The number of hydrogen-bond acceptors (Lipinski definition) is 3. The van der Waals surface area contributed by atoms with Crippen LogP contribution in [-0.2, 0) is 13.1 Å². The molecule has 0 saturated heterocycles. The maximum Gasteiger partial charge on any atom is 0.269 e. The lowest BCUT2D eigenvalue weighted by molar-refractivity contribution is 0.0995. The van der Waals surface area contributed by atoms with Crippen LogP contribution >= 0.6 is 0 Å². The smallest absolute Gasteiger partial charge is 0.269 e. The second kappa shape index (κ2) is 5.45. The Balaban J connectivity index is 2.23. The van der Waals surface area contributed by atoms with E-state index >= 15 is 0 Å². The van der Waals surface area contributed by atoms with Crippen molar-refractivity contribution < 1.29 is 18.0 Å². The highest BCUT2D eigenvalue weighted by Gasteiger charge is 2.25. The number of fused-ring (bicyclic) bond motifs is 1. The molecule has 22 heavy (non-hydrogen) atoms. The third kappa shape index (κ3) is 2.25. The first kappa shape index (κ1) is 14.6. The van der Waals surface area contributed by atoms with Crippen LogP contribution in [0, 0.1) is 17.5 Å². The normalized spacial score (nSPS) is 14.5. The van der Waals surface area contributed by atoms with Crippen molar-refractivity contribution >= 4 is 5.91 Å². The molecule has 0 fully saturated rings. The van der Waals surface area contributed by atoms with E-state index in [0.717, 1.165) is 18.6 Å². The van der Waals surface area contributed by atoms with Crippen LogP contribution in [0.25, 0.3) is 11.4 Å². The molecule has 1 amide bonds. The second-order valence-electron chi connectivity index (χ2n) is 5.00. The van der Waals surface area contributed by atoms with Crippen molar-refractivity contribution in [2.45, 2.75) is 19.5 Å². The van der Waals surface area contributed by atoms with Crippen molar-refractivity contribution in [2.24, 2.45) is 5.73 Å². The zero-order valence-electron chi connectivity index (χ0n) is 11.5. The van der Waals surface area contributed by atoms with Gasteiger partial charge in [-0.3, -0.25) is 4.79 Å². The third-order valence-electron chi connectivity index (χ3n) is 3.61. The molecule has 0 radical (unpaired) electrons. The number of benzene rings is 1. The van der Waals surface area contributed by atoms with Crippen LogP contribution in [0.3, 0.4) is 0 Å². The molecule has 0 atom stereocenters. The van der Waals surface area contributed by atoms with Crippen LogP contribution in [0.15, 0.2) is 12.1 Å². The molecule has 0 saturated carbocycles. The molecule has 0 spiro atoms. The Morgan fingerprint density at radius 2 is 2.05 bits per heavy atom. The highest BCUT2D eigenvalue weighted by Crippen LogP contribution is 2.28. The number of nitrogens with zero attached hydrogens (tertiary/aromatic N) is 2. The molecule has 1 aromatic carbocycles. The molecular formula is C14H13F3N4O. The van der Waals surface area contributed by atoms with Gasteiger partial charge in [-0.15, -0.1) is 0 Å². The number of carbonyl (C=O) groups is 1. The number of halogens is 3. The van der Waals surface area contributed by atoms with Gasteiger partial charge in [0.25, 0.3) is 5.91 Å². The summed E-state index contributed by atoms with van der Waals surface area (Å²) in [5, 5.41) is 3.10. The molecule has 2 heterocycles. The first-order chi connectivity index (χ1) is 10.5. The summed E-state index contributed by atoms with van der Waals surface area (Å²) in [4.78, 5) is 15.6. The number of nitrogens with one attached hydrogen (secondary N) is 1. The minimum absolute atomic E-state index is 0.00790. The first-order valence-electron chi connectivity index (χ1n) is 6.74. The van der Waals surface area contributed by atoms with Gasteiger partial charge in [0.15, 0.2) is 23.1 Å². The highest BCUT2D eigenvalue weighted by molar-refractivity contribution is 5.93. The van der Waals surface area contributed by atoms with Gasteiger partial charge in [0.2, 0.25) is 0 Å². The maximum atomic E-state index is 14.0. The Kier molecular flexibility index (Phi) is 3.61. The number of aromatic nitrogens is 2. The molecule has 8 heteroatoms. The van der Waals surface area contributed by atoms with E-state index in [1.165, 1.54) is 0 Å². The van der Waals surface area contributed by atoms with Crippen LogP contribution in [-0.4, -0.2) is 22.0 Å². The third-order valence-corrected chi connectivity index (χ3v) is 3.61. The highest BCUT2D eigenvalue weighted by atomic mass is 19.2. The van der Waals surface area contributed by atoms with Gasteiger partial charge in [-0.25, -0.2) is 18.2 Å². The van der Waals surface area contributed by atoms with Crippen LogP contribution in [0.5, 0.6) is 0 Å². The zero-order chi connectivity index (χ0) is 15.9. The van der Waals surface area contributed by atoms with Crippen molar-refractivity contribution in [3.8, 4) is 11.4 Å². The summed E-state index contributed by atoms with van der Waals surface area (Å²) in [5.74, 6) is -4.85. The Labute approximate surface area is 123 Å². The Morgan fingerprint density at radius 3 is 2.77 bits per heavy atom. The van der Waals surface area contributed by atoms with Gasteiger partial charge >= 0.3 is 0 Å². The number of nitrogens with two attached hydrogens (primary N) is 1. The fourth-order valence-corrected chi connectivity index (χ4v) is 2.58. The topological polar surface area (TPSA) is 72.9 Å². The second-order valence-corrected chi connectivity index (χ2v) is 5.00. The predicted molar refractivity (Wildman–Crippen MR) is 72.4 cm³/mol. The Bertz CT molecular complexity index is 757. The minimum Gasteiger partial charge on any atom is -0.364 e. The average Bonchev–Trinajstić information content (AvgIpc) is 2.68. The van der Waals surface area contributed by atoms with E-state index in [1.807, 2.05) is 0 Å². The summed E-state index contributed by atoms with van der Waals surface area (Å²) in [5.41, 5.74) is 5.63. The fourth-order valence-electron chi connectivity index (χ4n) is 2.58. The van der Waals surface area contributed by atoms with Gasteiger partial charge in [-0.05, 0) is 25.1 Å². The van der Waals surface area contributed by atoms with Gasteiger partial charge in [-0.1, -0.05) is 0 Å². The molecule has 0 aliphatic carbocycles. The van der Waals surface area contributed by atoms with Gasteiger partial charge in [-0.2, -0.15) is 0 Å². The molecule has 1 aromatic heterocycles. The number of amides is 1. The summed E-state index contributed by atoms with van der Waals surface area (Å²) < 4.78 is 42.2. The number of primary amides is 1. The summed E-state index contributed by atoms with van der Waals surface area (Å²) in [6.07, 6.45) is 0.722. The minimum atomic E-state index is -1.57. The Hall–Kier alpha value is -2.35. The molecule has 0 bridgehead atoms. The predicted octanol–water partition coefficient (Wildman–Crippen LogP) is 1.56. The van der Waals surface area contributed by atoms with Crippen molar-refractivity contribution in [3.63, 3.8) is 0 Å². The monoisotopic (exact) mass is 310 g/mol. The van der Waals surface area contributed by atoms with E-state index in [0.29, 0.717) is 25.3 Å². The number of carbonyl (C=O) groups excluding carboxylic acids is 1. The molecule has 1 aliphatic rings. The van der Waals surface area contributed by atoms with Crippen LogP contribution < -0.4 is 11.1 Å². The molecule has 3 N–H and O–H groups in total. The lowest BCUT2D eigenvalue weighted by Crippen LogP contribution is -2.18. The number of imidazole rings is 1. The van der Waals surface area contributed by atoms with Gasteiger partial charge < -0.3 is 15.6 Å². The summed E-state index contributed by atoms with van der Waals surface area (Å²) >= 11 is 0. The first-order valence-corrected chi connectivity index (χ1v) is 6.74. The summed E-state index contributed by atoms with van der Waals surface area (Å²) in [6.45, 7) is 1.52. The van der Waals surface area contributed by atoms with Crippen molar-refractivity contribution in [1.82, 2.24) is 14.9 Å². The van der Waals surface area contributed by atoms with E-state index in [1.54, 1.807) is 4.57 Å². The van der Waals surface area contributed by atoms with Crippen LogP contribution in [0.1, 0.15) is 22.6 Å². The fraction of sp³-hybridized carbons (Fsp3) is 0.286. The molecular weight excluding hydrogens is 297 g/mol. The SMILES string of the molecule is NC(=O)c1nc(-c2ccc(F)c(F)c2F)n2c1CNCCC2. The standard InChI is InChI=1S/C14H13F3N4O/c15-8-3-2-7(10(16)11(8)17)14-20-12(13(18)22)9-6-19-4-1-5-21(9)14/h2-3,19H,1,4-6H2,(H2,18,22). The van der Waals surface area contributed by atoms with Gasteiger partial charge in [0.05, 0.1) is 11.3 Å². The molecule has 2 aromatic rings. The maximum absolute atomic E-state index is 14.0. The van der Waals surface area contributed by atoms with E-state index in [-0.39, 0.29) is 17.1 Å². The zero-order valence-corrected chi connectivity index (χ0v) is 11.5. The lowest BCUT2D eigenvalue weighted by Gasteiger charge is -2.09. The van der Waals surface area contributed by atoms with Crippen molar-refractivity contribution in [1.29, 1.82) is 0 Å². The Morgan fingerprint density at radius 1 is 1.27 bits per heavy atom. The van der Waals surface area contributed by atoms with Gasteiger partial charge in [0.1, 0.15) is 5.82 Å². The molecule has 116 valence electrons. The molecule has 1 aliphatic heterocycles. The van der Waals surface area contributed by atoms with Crippen LogP contribution in [0.2, 0.25) is 0 Å². The summed E-state index contributed by atoms with van der Waals surface area (Å²) in [6, 6.07) is 1.93. The van der Waals surface area contributed by atoms with E-state index < -0.39 is 23.4 Å². The van der Waals surface area contributed by atoms with E-state index in [2.05, 4.69) is 10.3 Å².